The highest BCUT2D eigenvalue weighted by atomic mass is 16.5. The summed E-state index contributed by atoms with van der Waals surface area (Å²) in [7, 11) is 1.65. The molecule has 0 aliphatic heterocycles. The monoisotopic (exact) mass is 461 g/mol. The van der Waals surface area contributed by atoms with Gasteiger partial charge in [-0.05, 0) is 37.5 Å². The smallest absolute Gasteiger partial charge is 0.204 e. The second-order valence-corrected chi connectivity index (χ2v) is 8.30. The summed E-state index contributed by atoms with van der Waals surface area (Å²) in [6, 6.07) is 15.7. The number of aryl methyl sites for hydroxylation is 1. The van der Waals surface area contributed by atoms with Gasteiger partial charge in [0.2, 0.25) is 5.65 Å². The number of anilines is 1. The lowest BCUT2D eigenvalue weighted by atomic mass is 10.0. The van der Waals surface area contributed by atoms with E-state index in [0.29, 0.717) is 43.3 Å². The Bertz CT molecular complexity index is 1240. The van der Waals surface area contributed by atoms with Crippen molar-refractivity contribution in [3.8, 4) is 5.75 Å². The average molecular weight is 462 g/mol. The summed E-state index contributed by atoms with van der Waals surface area (Å²) in [5.41, 5.74) is 3.52. The van der Waals surface area contributed by atoms with Crippen molar-refractivity contribution >= 4 is 28.3 Å². The van der Waals surface area contributed by atoms with Gasteiger partial charge in [-0.25, -0.2) is 4.98 Å². The van der Waals surface area contributed by atoms with Crippen LogP contribution in [-0.4, -0.2) is 52.2 Å². The topological polar surface area (TPSA) is 90.6 Å². The first-order chi connectivity index (χ1) is 16.7. The summed E-state index contributed by atoms with van der Waals surface area (Å²) in [5, 5.41) is 12.0. The highest BCUT2D eigenvalue weighted by Gasteiger charge is 2.13. The number of nitrogens with zero attached hydrogens (tertiary/aromatic N) is 4. The third-order valence-corrected chi connectivity index (χ3v) is 5.68. The maximum absolute atomic E-state index is 12.2. The van der Waals surface area contributed by atoms with E-state index in [-0.39, 0.29) is 0 Å². The minimum Gasteiger partial charge on any atom is -0.491 e. The largest absolute Gasteiger partial charge is 0.491 e. The van der Waals surface area contributed by atoms with E-state index >= 15 is 0 Å². The number of methoxy groups -OCH3 is 1. The Kier molecular flexibility index (Phi) is 8.04. The van der Waals surface area contributed by atoms with Crippen LogP contribution >= 0.6 is 0 Å². The molecule has 0 aliphatic carbocycles. The van der Waals surface area contributed by atoms with Crippen LogP contribution in [0.5, 0.6) is 5.75 Å². The summed E-state index contributed by atoms with van der Waals surface area (Å²) in [6.07, 6.45) is 3.93. The number of rotatable bonds is 13. The zero-order chi connectivity index (χ0) is 23.8. The second kappa shape index (κ2) is 11.6. The van der Waals surface area contributed by atoms with Gasteiger partial charge in [0.05, 0.1) is 17.6 Å². The Morgan fingerprint density at radius 3 is 2.71 bits per heavy atom. The van der Waals surface area contributed by atoms with Crippen LogP contribution in [0, 0.1) is 6.92 Å². The lowest BCUT2D eigenvalue weighted by Crippen LogP contribution is -2.08. The Hall–Kier alpha value is -3.52. The van der Waals surface area contributed by atoms with E-state index in [1.54, 1.807) is 7.11 Å². The molecule has 4 rings (SSSR count). The molecule has 0 radical (unpaired) electrons. The van der Waals surface area contributed by atoms with Crippen molar-refractivity contribution in [1.29, 1.82) is 0 Å². The first-order valence-corrected chi connectivity index (χ1v) is 11.7. The molecule has 4 aromatic rings. The van der Waals surface area contributed by atoms with Crippen molar-refractivity contribution in [3.63, 3.8) is 0 Å². The minimum absolute atomic E-state index is 0.291. The normalized spacial score (nSPS) is 11.2. The van der Waals surface area contributed by atoms with Crippen LogP contribution in [0.15, 0.2) is 48.5 Å². The van der Waals surface area contributed by atoms with Gasteiger partial charge in [0.15, 0.2) is 5.82 Å². The molecule has 178 valence electrons. The van der Waals surface area contributed by atoms with Gasteiger partial charge in [-0.2, -0.15) is 0 Å². The number of Topliss-reactive ketones (excluding diaryl/α,β-unsaturated/α-hetero) is 1. The average Bonchev–Trinajstić information content (AvgIpc) is 3.24. The number of hydrogen-bond acceptors (Lipinski definition) is 7. The Labute approximate surface area is 199 Å². The number of unbranched alkanes of at least 4 members (excludes halogenated alkanes) is 2. The molecule has 0 spiro atoms. The quantitative estimate of drug-likeness (QED) is 0.295. The molecule has 0 saturated carbocycles. The van der Waals surface area contributed by atoms with E-state index in [1.807, 2.05) is 59.9 Å². The van der Waals surface area contributed by atoms with Gasteiger partial charge < -0.3 is 14.8 Å². The van der Waals surface area contributed by atoms with Crippen LogP contribution < -0.4 is 10.1 Å². The predicted molar refractivity (Wildman–Crippen MR) is 133 cm³/mol. The van der Waals surface area contributed by atoms with Crippen molar-refractivity contribution in [3.05, 3.63) is 59.9 Å². The zero-order valence-corrected chi connectivity index (χ0v) is 19.8. The van der Waals surface area contributed by atoms with Crippen molar-refractivity contribution < 1.29 is 14.3 Å². The molecule has 2 aromatic heterocycles. The number of benzene rings is 2. The molecule has 0 unspecified atom stereocenters. The van der Waals surface area contributed by atoms with E-state index in [0.717, 1.165) is 54.0 Å². The third kappa shape index (κ3) is 5.88. The molecule has 0 amide bonds. The number of carbonyl (C=O) groups excluding carboxylic acids is 1. The second-order valence-electron chi connectivity index (χ2n) is 8.30. The molecule has 0 bridgehead atoms. The van der Waals surface area contributed by atoms with E-state index in [2.05, 4.69) is 15.5 Å². The van der Waals surface area contributed by atoms with Gasteiger partial charge in [-0.15, -0.1) is 10.2 Å². The number of ether oxygens (including phenoxy) is 2. The SMILES string of the molecule is COCCOc1ccc2c(c1)nc(NCCCCCC(=O)Cc1ccccc1)c1nnc(C)n12. The van der Waals surface area contributed by atoms with Crippen LogP contribution in [0.4, 0.5) is 5.82 Å². The van der Waals surface area contributed by atoms with Gasteiger partial charge in [0.25, 0.3) is 0 Å². The Balaban J connectivity index is 1.34. The van der Waals surface area contributed by atoms with E-state index in [4.69, 9.17) is 14.5 Å². The van der Waals surface area contributed by atoms with Crippen molar-refractivity contribution in [2.75, 3.05) is 32.2 Å². The fourth-order valence-electron chi connectivity index (χ4n) is 3.95. The van der Waals surface area contributed by atoms with Gasteiger partial charge in [-0.3, -0.25) is 9.20 Å². The number of fused-ring (bicyclic) bond motifs is 3. The lowest BCUT2D eigenvalue weighted by molar-refractivity contribution is -0.118. The summed E-state index contributed by atoms with van der Waals surface area (Å²) in [4.78, 5) is 17.0. The molecule has 0 fully saturated rings. The first-order valence-electron chi connectivity index (χ1n) is 11.7. The molecule has 2 aromatic carbocycles. The Morgan fingerprint density at radius 1 is 1.03 bits per heavy atom. The molecule has 8 nitrogen and oxygen atoms in total. The van der Waals surface area contributed by atoms with Gasteiger partial charge in [0, 0.05) is 32.6 Å². The van der Waals surface area contributed by atoms with E-state index in [1.165, 1.54) is 0 Å². The summed E-state index contributed by atoms with van der Waals surface area (Å²) < 4.78 is 12.8. The third-order valence-electron chi connectivity index (χ3n) is 5.68. The highest BCUT2D eigenvalue weighted by molar-refractivity contribution is 5.84. The van der Waals surface area contributed by atoms with Crippen LogP contribution in [0.1, 0.15) is 37.1 Å². The fourth-order valence-corrected chi connectivity index (χ4v) is 3.95. The van der Waals surface area contributed by atoms with E-state index in [9.17, 15) is 4.79 Å². The number of hydrogen-bond donors (Lipinski definition) is 1. The molecule has 0 aliphatic rings. The molecular weight excluding hydrogens is 430 g/mol. The molecule has 8 heteroatoms. The summed E-state index contributed by atoms with van der Waals surface area (Å²) in [5.74, 6) is 2.53. The molecule has 2 heterocycles. The minimum atomic E-state index is 0.291. The molecule has 0 atom stereocenters. The molecule has 0 saturated heterocycles. The first kappa shape index (κ1) is 23.6. The Morgan fingerprint density at radius 2 is 1.88 bits per heavy atom. The van der Waals surface area contributed by atoms with Gasteiger partial charge >= 0.3 is 0 Å². The summed E-state index contributed by atoms with van der Waals surface area (Å²) in [6.45, 7) is 3.68. The van der Waals surface area contributed by atoms with Crippen LogP contribution in [-0.2, 0) is 16.0 Å². The lowest BCUT2D eigenvalue weighted by Gasteiger charge is -2.11. The number of nitrogens with one attached hydrogen (secondary N) is 1. The zero-order valence-electron chi connectivity index (χ0n) is 19.8. The number of ketones is 1. The summed E-state index contributed by atoms with van der Waals surface area (Å²) >= 11 is 0. The number of aromatic nitrogens is 4. The maximum atomic E-state index is 12.2. The number of carbonyl (C=O) groups is 1. The van der Waals surface area contributed by atoms with Gasteiger partial charge in [-0.1, -0.05) is 36.8 Å². The van der Waals surface area contributed by atoms with Crippen LogP contribution in [0.2, 0.25) is 0 Å². The van der Waals surface area contributed by atoms with Crippen LogP contribution in [0.3, 0.4) is 0 Å². The molecular formula is C26H31N5O3. The predicted octanol–water partition coefficient (Wildman–Crippen LogP) is 4.40. The van der Waals surface area contributed by atoms with Crippen molar-refractivity contribution in [2.45, 2.75) is 39.0 Å². The fraction of sp³-hybridized carbons (Fsp3) is 0.385. The van der Waals surface area contributed by atoms with Crippen molar-refractivity contribution in [1.82, 2.24) is 19.6 Å². The van der Waals surface area contributed by atoms with Crippen LogP contribution in [0.25, 0.3) is 16.7 Å². The molecule has 34 heavy (non-hydrogen) atoms. The molecule has 1 N–H and O–H groups in total. The maximum Gasteiger partial charge on any atom is 0.204 e. The van der Waals surface area contributed by atoms with Crippen molar-refractivity contribution in [2.24, 2.45) is 0 Å². The highest BCUT2D eigenvalue weighted by Crippen LogP contribution is 2.25. The van der Waals surface area contributed by atoms with E-state index < -0.39 is 0 Å². The standard InChI is InChI=1S/C26H31N5O3/c1-19-29-30-26-25(27-14-8-4-7-11-21(32)17-20-9-5-3-6-10-20)28-23-18-22(34-16-15-33-2)12-13-24(23)31(19)26/h3,5-6,9-10,12-13,18H,4,7-8,11,14-17H2,1-2H3,(H,27,28). The van der Waals surface area contributed by atoms with Gasteiger partial charge in [0.1, 0.15) is 24.0 Å².